The number of carboxylic acid groups (broad SMARTS) is 1. The van der Waals surface area contributed by atoms with E-state index in [2.05, 4.69) is 17.6 Å². The van der Waals surface area contributed by atoms with Crippen LogP contribution in [0.1, 0.15) is 94.3 Å². The summed E-state index contributed by atoms with van der Waals surface area (Å²) in [6.45, 7) is 2.24. The first-order valence-electron chi connectivity index (χ1n) is 10.5. The minimum absolute atomic E-state index is 0.0874. The molecule has 0 aromatic heterocycles. The molecule has 5 nitrogen and oxygen atoms in total. The molecular weight excluding hydrogens is 372 g/mol. The van der Waals surface area contributed by atoms with Crippen LogP contribution in [0.2, 0.25) is 0 Å². The van der Waals surface area contributed by atoms with Crippen molar-refractivity contribution in [1.82, 2.24) is 5.32 Å². The number of nitrogens with one attached hydrogen (secondary N) is 2. The third-order valence-electron chi connectivity index (χ3n) is 4.65. The number of carbonyl (C=O) groups excluding carboxylic acids is 1. The van der Waals surface area contributed by atoms with Crippen LogP contribution in [0.5, 0.6) is 0 Å². The maximum atomic E-state index is 11.9. The summed E-state index contributed by atoms with van der Waals surface area (Å²) in [6.07, 6.45) is 14.2. The van der Waals surface area contributed by atoms with E-state index in [0.29, 0.717) is 12.1 Å². The molecule has 156 valence electrons. The first kappa shape index (κ1) is 24.1. The molecule has 0 radical (unpaired) electrons. The quantitative estimate of drug-likeness (QED) is 0.265. The van der Waals surface area contributed by atoms with Gasteiger partial charge in [0.25, 0.3) is 0 Å². The van der Waals surface area contributed by atoms with Crippen LogP contribution in [0.3, 0.4) is 0 Å². The fourth-order valence-corrected chi connectivity index (χ4v) is 3.23. The molecule has 0 saturated carbocycles. The first-order valence-corrected chi connectivity index (χ1v) is 10.9. The van der Waals surface area contributed by atoms with Gasteiger partial charge < -0.3 is 15.7 Å². The predicted molar refractivity (Wildman–Crippen MR) is 119 cm³/mol. The number of hydrogen-bond acceptors (Lipinski definition) is 3. The molecule has 0 bridgehead atoms. The van der Waals surface area contributed by atoms with Gasteiger partial charge in [0.2, 0.25) is 5.91 Å². The lowest BCUT2D eigenvalue weighted by Crippen LogP contribution is -2.33. The van der Waals surface area contributed by atoms with Crippen molar-refractivity contribution < 1.29 is 14.7 Å². The topological polar surface area (TPSA) is 78.4 Å². The number of amides is 1. The molecule has 0 aliphatic carbocycles. The van der Waals surface area contributed by atoms with Gasteiger partial charge in [-0.1, -0.05) is 71.1 Å². The van der Waals surface area contributed by atoms with Gasteiger partial charge in [-0.2, -0.15) is 0 Å². The van der Waals surface area contributed by atoms with Crippen LogP contribution < -0.4 is 10.6 Å². The van der Waals surface area contributed by atoms with Gasteiger partial charge in [-0.05, 0) is 42.9 Å². The van der Waals surface area contributed by atoms with Gasteiger partial charge in [-0.15, -0.1) is 0 Å². The summed E-state index contributed by atoms with van der Waals surface area (Å²) < 4.78 is 0. The number of hydrogen-bond donors (Lipinski definition) is 3. The summed E-state index contributed by atoms with van der Waals surface area (Å²) in [5.74, 6) is -1.06. The van der Waals surface area contributed by atoms with Crippen molar-refractivity contribution in [3.63, 3.8) is 0 Å². The standard InChI is InChI=1S/C22H34N2O3S/c1-2-3-4-5-6-7-8-9-10-11-12-13-20(25)24-22(28)23-19-16-14-18(15-17-19)21(26)27/h14-17H,2-13H2,1H3,(H,26,27)(H2,23,24,25,28). The van der Waals surface area contributed by atoms with Gasteiger partial charge in [0, 0.05) is 12.1 Å². The van der Waals surface area contributed by atoms with Gasteiger partial charge in [-0.3, -0.25) is 4.79 Å². The number of carbonyl (C=O) groups is 2. The highest BCUT2D eigenvalue weighted by Gasteiger charge is 2.06. The van der Waals surface area contributed by atoms with Crippen molar-refractivity contribution in [2.24, 2.45) is 0 Å². The molecular formula is C22H34N2O3S. The number of benzene rings is 1. The fraction of sp³-hybridized carbons (Fsp3) is 0.591. The largest absolute Gasteiger partial charge is 0.478 e. The van der Waals surface area contributed by atoms with Gasteiger partial charge in [0.1, 0.15) is 0 Å². The smallest absolute Gasteiger partial charge is 0.335 e. The Morgan fingerprint density at radius 1 is 0.857 bits per heavy atom. The Kier molecular flexibility index (Phi) is 12.9. The van der Waals surface area contributed by atoms with Crippen LogP contribution in [-0.4, -0.2) is 22.1 Å². The van der Waals surface area contributed by atoms with Crippen LogP contribution >= 0.6 is 12.2 Å². The van der Waals surface area contributed by atoms with E-state index in [-0.39, 0.29) is 16.6 Å². The van der Waals surface area contributed by atoms with E-state index in [9.17, 15) is 9.59 Å². The predicted octanol–water partition coefficient (Wildman–Crippen LogP) is 5.90. The lowest BCUT2D eigenvalue weighted by atomic mass is 10.1. The molecule has 0 saturated heterocycles. The molecule has 0 spiro atoms. The third-order valence-corrected chi connectivity index (χ3v) is 4.85. The molecule has 0 aliphatic rings. The Balaban J connectivity index is 2.04. The van der Waals surface area contributed by atoms with Gasteiger partial charge in [0.15, 0.2) is 5.11 Å². The van der Waals surface area contributed by atoms with Crippen LogP contribution in [0, 0.1) is 0 Å². The minimum Gasteiger partial charge on any atom is -0.478 e. The molecule has 1 aromatic carbocycles. The highest BCUT2D eigenvalue weighted by molar-refractivity contribution is 7.80. The number of aromatic carboxylic acids is 1. The highest BCUT2D eigenvalue weighted by Crippen LogP contribution is 2.12. The maximum absolute atomic E-state index is 11.9. The second kappa shape index (κ2) is 15.0. The summed E-state index contributed by atoms with van der Waals surface area (Å²) in [7, 11) is 0. The first-order chi connectivity index (χ1) is 13.5. The molecule has 1 rings (SSSR count). The van der Waals surface area contributed by atoms with Crippen molar-refractivity contribution >= 4 is 34.9 Å². The number of carboxylic acids is 1. The summed E-state index contributed by atoms with van der Waals surface area (Å²) in [4.78, 5) is 22.8. The lowest BCUT2D eigenvalue weighted by molar-refractivity contribution is -0.119. The summed E-state index contributed by atoms with van der Waals surface area (Å²) >= 11 is 5.12. The molecule has 0 unspecified atom stereocenters. The molecule has 1 aromatic rings. The monoisotopic (exact) mass is 406 g/mol. The van der Waals surface area contributed by atoms with E-state index in [0.717, 1.165) is 12.8 Å². The van der Waals surface area contributed by atoms with Crippen molar-refractivity contribution in [2.45, 2.75) is 84.0 Å². The van der Waals surface area contributed by atoms with Crippen molar-refractivity contribution in [3.05, 3.63) is 29.8 Å². The normalized spacial score (nSPS) is 10.5. The molecule has 0 fully saturated rings. The lowest BCUT2D eigenvalue weighted by Gasteiger charge is -2.09. The van der Waals surface area contributed by atoms with Crippen LogP contribution in [0.4, 0.5) is 5.69 Å². The Hall–Kier alpha value is -1.95. The summed E-state index contributed by atoms with van der Waals surface area (Å²) in [5.41, 5.74) is 0.849. The number of rotatable bonds is 14. The zero-order chi connectivity index (χ0) is 20.6. The zero-order valence-electron chi connectivity index (χ0n) is 17.0. The van der Waals surface area contributed by atoms with Gasteiger partial charge in [0.05, 0.1) is 5.56 Å². The van der Waals surface area contributed by atoms with E-state index in [1.807, 2.05) is 0 Å². The van der Waals surface area contributed by atoms with E-state index in [1.165, 1.54) is 69.9 Å². The molecule has 28 heavy (non-hydrogen) atoms. The zero-order valence-corrected chi connectivity index (χ0v) is 17.8. The van der Waals surface area contributed by atoms with Crippen LogP contribution in [0.15, 0.2) is 24.3 Å². The van der Waals surface area contributed by atoms with E-state index >= 15 is 0 Å². The minimum atomic E-state index is -0.977. The maximum Gasteiger partial charge on any atom is 0.335 e. The Labute approximate surface area is 174 Å². The average Bonchev–Trinajstić information content (AvgIpc) is 2.66. The number of anilines is 1. The van der Waals surface area contributed by atoms with E-state index < -0.39 is 5.97 Å². The second-order valence-electron chi connectivity index (χ2n) is 7.17. The average molecular weight is 407 g/mol. The number of thiocarbonyl (C=S) groups is 1. The molecule has 1 amide bonds. The molecule has 3 N–H and O–H groups in total. The van der Waals surface area contributed by atoms with Crippen molar-refractivity contribution in [2.75, 3.05) is 5.32 Å². The van der Waals surface area contributed by atoms with E-state index in [1.54, 1.807) is 12.1 Å². The van der Waals surface area contributed by atoms with Crippen molar-refractivity contribution in [3.8, 4) is 0 Å². The number of unbranched alkanes of at least 4 members (excludes halogenated alkanes) is 10. The van der Waals surface area contributed by atoms with E-state index in [4.69, 9.17) is 17.3 Å². The molecule has 0 aliphatic heterocycles. The second-order valence-corrected chi connectivity index (χ2v) is 7.58. The van der Waals surface area contributed by atoms with Crippen LogP contribution in [-0.2, 0) is 4.79 Å². The fourth-order valence-electron chi connectivity index (χ4n) is 3.00. The Bertz CT molecular complexity index is 602. The highest BCUT2D eigenvalue weighted by atomic mass is 32.1. The SMILES string of the molecule is CCCCCCCCCCCCCC(=O)NC(=S)Nc1ccc(C(=O)O)cc1. The van der Waals surface area contributed by atoms with Crippen molar-refractivity contribution in [1.29, 1.82) is 0 Å². The molecule has 0 heterocycles. The van der Waals surface area contributed by atoms with Gasteiger partial charge in [-0.25, -0.2) is 4.79 Å². The summed E-state index contributed by atoms with van der Waals surface area (Å²) in [5, 5.41) is 14.7. The Morgan fingerprint density at radius 3 is 1.86 bits per heavy atom. The Morgan fingerprint density at radius 2 is 1.36 bits per heavy atom. The molecule has 0 atom stereocenters. The third kappa shape index (κ3) is 11.7. The van der Waals surface area contributed by atoms with Crippen LogP contribution in [0.25, 0.3) is 0 Å². The summed E-state index contributed by atoms with van der Waals surface area (Å²) in [6, 6.07) is 6.21. The van der Waals surface area contributed by atoms with Gasteiger partial charge >= 0.3 is 5.97 Å². The molecule has 6 heteroatoms.